The molecule has 0 saturated heterocycles. The molecule has 0 aliphatic rings. The number of carbonyl (C=O) groups is 2. The molecule has 2 aromatic carbocycles. The fraction of sp³-hybridized carbons (Fsp3) is 0.158. The summed E-state index contributed by atoms with van der Waals surface area (Å²) in [6, 6.07) is 8.78. The summed E-state index contributed by atoms with van der Waals surface area (Å²) in [7, 11) is 0. The Kier molecular flexibility index (Phi) is 7.66. The van der Waals surface area contributed by atoms with Gasteiger partial charge in [0.1, 0.15) is 5.75 Å². The lowest BCUT2D eigenvalue weighted by atomic mass is 10.1. The van der Waals surface area contributed by atoms with E-state index in [1.165, 1.54) is 18.2 Å². The van der Waals surface area contributed by atoms with Crippen molar-refractivity contribution in [1.82, 2.24) is 10.2 Å². The van der Waals surface area contributed by atoms with Gasteiger partial charge in [0, 0.05) is 5.69 Å². The molecule has 15 heteroatoms. The molecule has 0 bridgehead atoms. The summed E-state index contributed by atoms with van der Waals surface area (Å²) in [5.74, 6) is -2.12. The summed E-state index contributed by atoms with van der Waals surface area (Å²) in [5, 5.41) is 12.1. The van der Waals surface area contributed by atoms with Crippen LogP contribution in [0.1, 0.15) is 15.9 Å². The standard InChI is InChI=1S/C19H12F6N4O3S2/c20-18(21,22)13-4-2-1-3-12(13)15(31)27-16-28-29-17(34-16)33-9-14(30)26-10-5-7-11(8-6-10)32-19(23,24)25/h1-8H,9H2,(H,26,30)(H,27,28,31). The number of anilines is 2. The maximum absolute atomic E-state index is 13.1. The average Bonchev–Trinajstić information content (AvgIpc) is 3.19. The third kappa shape index (κ3) is 7.34. The molecule has 1 aromatic heterocycles. The number of nitrogens with one attached hydrogen (secondary N) is 2. The van der Waals surface area contributed by atoms with Crippen molar-refractivity contribution in [3.05, 3.63) is 59.7 Å². The summed E-state index contributed by atoms with van der Waals surface area (Å²) < 4.78 is 79.7. The van der Waals surface area contributed by atoms with Gasteiger partial charge < -0.3 is 10.1 Å². The fourth-order valence-electron chi connectivity index (χ4n) is 2.48. The summed E-state index contributed by atoms with van der Waals surface area (Å²) >= 11 is 1.79. The first-order chi connectivity index (χ1) is 15.9. The van der Waals surface area contributed by atoms with Crippen molar-refractivity contribution in [2.24, 2.45) is 0 Å². The van der Waals surface area contributed by atoms with Gasteiger partial charge in [-0.1, -0.05) is 35.2 Å². The molecule has 2 amide bonds. The van der Waals surface area contributed by atoms with Crippen LogP contribution in [0.3, 0.4) is 0 Å². The molecule has 1 heterocycles. The van der Waals surface area contributed by atoms with E-state index in [0.717, 1.165) is 53.4 Å². The molecule has 3 aromatic rings. The number of amides is 2. The van der Waals surface area contributed by atoms with E-state index in [9.17, 15) is 35.9 Å². The zero-order valence-corrected chi connectivity index (χ0v) is 18.2. The molecule has 34 heavy (non-hydrogen) atoms. The molecule has 180 valence electrons. The van der Waals surface area contributed by atoms with E-state index in [2.05, 4.69) is 25.6 Å². The number of aromatic nitrogens is 2. The van der Waals surface area contributed by atoms with Crippen molar-refractivity contribution in [3.63, 3.8) is 0 Å². The van der Waals surface area contributed by atoms with E-state index in [-0.39, 0.29) is 20.9 Å². The summed E-state index contributed by atoms with van der Waals surface area (Å²) in [4.78, 5) is 24.3. The zero-order chi connectivity index (χ0) is 24.9. The van der Waals surface area contributed by atoms with Crippen LogP contribution in [0.5, 0.6) is 5.75 Å². The monoisotopic (exact) mass is 522 g/mol. The molecule has 2 N–H and O–H groups in total. The van der Waals surface area contributed by atoms with Crippen LogP contribution in [0, 0.1) is 0 Å². The Morgan fingerprint density at radius 1 is 0.941 bits per heavy atom. The van der Waals surface area contributed by atoms with Gasteiger partial charge in [-0.3, -0.25) is 14.9 Å². The summed E-state index contributed by atoms with van der Waals surface area (Å²) in [6.07, 6.45) is -9.54. The first kappa shape index (κ1) is 25.3. The van der Waals surface area contributed by atoms with Gasteiger partial charge in [0.25, 0.3) is 5.91 Å². The lowest BCUT2D eigenvalue weighted by molar-refractivity contribution is -0.274. The van der Waals surface area contributed by atoms with Gasteiger partial charge in [-0.2, -0.15) is 13.2 Å². The van der Waals surface area contributed by atoms with Crippen LogP contribution in [-0.4, -0.2) is 34.1 Å². The third-order valence-electron chi connectivity index (χ3n) is 3.80. The van der Waals surface area contributed by atoms with Crippen molar-refractivity contribution in [2.45, 2.75) is 16.9 Å². The van der Waals surface area contributed by atoms with Gasteiger partial charge in [0.05, 0.1) is 16.9 Å². The van der Waals surface area contributed by atoms with Gasteiger partial charge in [-0.05, 0) is 36.4 Å². The lowest BCUT2D eigenvalue weighted by Gasteiger charge is -2.11. The molecule has 0 aliphatic carbocycles. The minimum Gasteiger partial charge on any atom is -0.406 e. The van der Waals surface area contributed by atoms with E-state index in [0.29, 0.717) is 0 Å². The van der Waals surface area contributed by atoms with Crippen molar-refractivity contribution in [3.8, 4) is 5.75 Å². The molecule has 0 radical (unpaired) electrons. The number of nitrogens with zero attached hydrogens (tertiary/aromatic N) is 2. The molecule has 0 spiro atoms. The molecular formula is C19H12F6N4O3S2. The molecule has 0 atom stereocenters. The largest absolute Gasteiger partial charge is 0.573 e. The number of alkyl halides is 6. The first-order valence-electron chi connectivity index (χ1n) is 9.00. The van der Waals surface area contributed by atoms with Gasteiger partial charge >= 0.3 is 12.5 Å². The predicted molar refractivity (Wildman–Crippen MR) is 112 cm³/mol. The highest BCUT2D eigenvalue weighted by Gasteiger charge is 2.35. The number of benzene rings is 2. The van der Waals surface area contributed by atoms with Crippen molar-refractivity contribution in [1.29, 1.82) is 0 Å². The topological polar surface area (TPSA) is 93.2 Å². The molecule has 0 saturated carbocycles. The molecule has 0 aliphatic heterocycles. The molecule has 0 unspecified atom stereocenters. The Hall–Kier alpha value is -3.33. The highest BCUT2D eigenvalue weighted by molar-refractivity contribution is 8.01. The van der Waals surface area contributed by atoms with E-state index in [1.807, 2.05) is 0 Å². The van der Waals surface area contributed by atoms with Crippen LogP contribution in [0.2, 0.25) is 0 Å². The molecule has 7 nitrogen and oxygen atoms in total. The minimum atomic E-state index is -4.83. The van der Waals surface area contributed by atoms with Crippen molar-refractivity contribution < 1.29 is 40.7 Å². The predicted octanol–water partition coefficient (Wildman–Crippen LogP) is 5.44. The number of ether oxygens (including phenoxy) is 1. The van der Waals surface area contributed by atoms with Crippen LogP contribution in [-0.2, 0) is 11.0 Å². The van der Waals surface area contributed by atoms with Gasteiger partial charge in [0.15, 0.2) is 4.34 Å². The quantitative estimate of drug-likeness (QED) is 0.244. The van der Waals surface area contributed by atoms with Gasteiger partial charge in [-0.15, -0.1) is 23.4 Å². The SMILES string of the molecule is O=C(CSc1nnc(NC(=O)c2ccccc2C(F)(F)F)s1)Nc1ccc(OC(F)(F)F)cc1. The Bertz CT molecular complexity index is 1170. The Balaban J connectivity index is 1.53. The second-order valence-electron chi connectivity index (χ2n) is 6.28. The number of rotatable bonds is 7. The van der Waals surface area contributed by atoms with Crippen LogP contribution in [0.4, 0.5) is 37.2 Å². The van der Waals surface area contributed by atoms with Gasteiger partial charge in [0.2, 0.25) is 11.0 Å². The first-order valence-corrected chi connectivity index (χ1v) is 10.8. The zero-order valence-electron chi connectivity index (χ0n) is 16.5. The van der Waals surface area contributed by atoms with E-state index < -0.39 is 41.2 Å². The number of carbonyl (C=O) groups excluding carboxylic acids is 2. The normalized spacial score (nSPS) is 11.7. The Morgan fingerprint density at radius 2 is 1.62 bits per heavy atom. The number of hydrogen-bond acceptors (Lipinski definition) is 7. The Morgan fingerprint density at radius 3 is 2.26 bits per heavy atom. The Labute approximate surface area is 195 Å². The maximum atomic E-state index is 13.1. The average molecular weight is 522 g/mol. The van der Waals surface area contributed by atoms with Crippen molar-refractivity contribution >= 4 is 45.7 Å². The van der Waals surface area contributed by atoms with Crippen LogP contribution in [0.25, 0.3) is 0 Å². The smallest absolute Gasteiger partial charge is 0.406 e. The second-order valence-corrected chi connectivity index (χ2v) is 8.48. The van der Waals surface area contributed by atoms with Gasteiger partial charge in [-0.25, -0.2) is 0 Å². The molecular weight excluding hydrogens is 510 g/mol. The minimum absolute atomic E-state index is 0.0647. The molecule has 3 rings (SSSR count). The maximum Gasteiger partial charge on any atom is 0.573 e. The van der Waals surface area contributed by atoms with E-state index >= 15 is 0 Å². The molecule has 0 fully saturated rings. The van der Waals surface area contributed by atoms with Crippen molar-refractivity contribution in [2.75, 3.05) is 16.4 Å². The third-order valence-corrected chi connectivity index (χ3v) is 5.77. The lowest BCUT2D eigenvalue weighted by Crippen LogP contribution is -2.18. The number of thioether (sulfide) groups is 1. The second kappa shape index (κ2) is 10.3. The highest BCUT2D eigenvalue weighted by atomic mass is 32.2. The van der Waals surface area contributed by atoms with Crippen LogP contribution in [0.15, 0.2) is 52.9 Å². The number of halogens is 6. The highest BCUT2D eigenvalue weighted by Crippen LogP contribution is 2.33. The van der Waals surface area contributed by atoms with E-state index in [4.69, 9.17) is 0 Å². The van der Waals surface area contributed by atoms with E-state index in [1.54, 1.807) is 0 Å². The summed E-state index contributed by atoms with van der Waals surface area (Å²) in [6.45, 7) is 0. The van der Waals surface area contributed by atoms with Crippen LogP contribution < -0.4 is 15.4 Å². The summed E-state index contributed by atoms with van der Waals surface area (Å²) in [5.41, 5.74) is -1.44. The van der Waals surface area contributed by atoms with Crippen LogP contribution >= 0.6 is 23.1 Å². The fourth-order valence-corrected chi connectivity index (χ4v) is 4.02. The number of hydrogen-bond donors (Lipinski definition) is 2.